The van der Waals surface area contributed by atoms with Gasteiger partial charge in [-0.3, -0.25) is 5.43 Å². The number of hydrazone groups is 1. The Morgan fingerprint density at radius 2 is 2.11 bits per heavy atom. The van der Waals surface area contributed by atoms with Gasteiger partial charge in [-0.2, -0.15) is 5.10 Å². The third kappa shape index (κ3) is 2.01. The van der Waals surface area contributed by atoms with Gasteiger partial charge in [-0.25, -0.2) is 0 Å². The molecule has 3 nitrogen and oxygen atoms in total. The minimum Gasteiger partial charge on any atom is -0.347 e. The fourth-order valence-electron chi connectivity index (χ4n) is 0.514. The Morgan fingerprint density at radius 1 is 1.56 bits per heavy atom. The molecule has 2 atom stereocenters. The van der Waals surface area contributed by atoms with Crippen LogP contribution < -0.4 is 5.43 Å². The minimum atomic E-state index is 0.167. The van der Waals surface area contributed by atoms with Crippen molar-refractivity contribution in [3.63, 3.8) is 0 Å². The summed E-state index contributed by atoms with van der Waals surface area (Å²) in [5.74, 6) is 0. The summed E-state index contributed by atoms with van der Waals surface area (Å²) in [5.41, 5.74) is 3.90. The molecule has 1 heterocycles. The summed E-state index contributed by atoms with van der Waals surface area (Å²) in [4.78, 5) is 0. The fraction of sp³-hybridized carbons (Fsp3) is 0.833. The van der Waals surface area contributed by atoms with Crippen molar-refractivity contribution >= 4 is 5.71 Å². The summed E-state index contributed by atoms with van der Waals surface area (Å²) in [7, 11) is 0. The SMILES string of the molecule is CC(C)=NNC1OC1C. The first-order chi connectivity index (χ1) is 4.20. The largest absolute Gasteiger partial charge is 0.347 e. The lowest BCUT2D eigenvalue weighted by Gasteiger charge is -1.91. The number of ether oxygens (including phenoxy) is 1. The number of nitrogens with one attached hydrogen (secondary N) is 1. The molecule has 0 bridgehead atoms. The molecule has 52 valence electrons. The third-order valence-corrected chi connectivity index (χ3v) is 1.13. The van der Waals surface area contributed by atoms with Crippen molar-refractivity contribution in [2.24, 2.45) is 5.10 Å². The average Bonchev–Trinajstić information content (AvgIpc) is 2.42. The highest BCUT2D eigenvalue weighted by Crippen LogP contribution is 2.16. The molecule has 1 aliphatic heterocycles. The zero-order valence-corrected chi connectivity index (χ0v) is 6.01. The van der Waals surface area contributed by atoms with E-state index in [1.54, 1.807) is 0 Å². The van der Waals surface area contributed by atoms with E-state index in [4.69, 9.17) is 4.74 Å². The highest BCUT2D eigenvalue weighted by atomic mass is 16.6. The second kappa shape index (κ2) is 2.35. The molecule has 0 aromatic carbocycles. The van der Waals surface area contributed by atoms with Crippen LogP contribution in [0, 0.1) is 0 Å². The van der Waals surface area contributed by atoms with Crippen LogP contribution in [0.2, 0.25) is 0 Å². The lowest BCUT2D eigenvalue weighted by molar-refractivity contribution is 0.353. The summed E-state index contributed by atoms with van der Waals surface area (Å²) in [5, 5.41) is 3.98. The van der Waals surface area contributed by atoms with Gasteiger partial charge in [0.25, 0.3) is 0 Å². The number of nitrogens with zero attached hydrogens (tertiary/aromatic N) is 1. The van der Waals surface area contributed by atoms with Crippen molar-refractivity contribution in [2.75, 3.05) is 0 Å². The molecule has 0 aromatic rings. The Hall–Kier alpha value is -0.570. The first kappa shape index (κ1) is 6.55. The molecule has 0 aromatic heterocycles. The van der Waals surface area contributed by atoms with E-state index in [1.165, 1.54) is 0 Å². The van der Waals surface area contributed by atoms with Crippen molar-refractivity contribution < 1.29 is 4.74 Å². The zero-order chi connectivity index (χ0) is 6.85. The maximum Gasteiger partial charge on any atom is 0.169 e. The van der Waals surface area contributed by atoms with Crippen molar-refractivity contribution in [1.82, 2.24) is 5.43 Å². The van der Waals surface area contributed by atoms with E-state index in [1.807, 2.05) is 20.8 Å². The summed E-state index contributed by atoms with van der Waals surface area (Å²) >= 11 is 0. The summed E-state index contributed by atoms with van der Waals surface area (Å²) in [6.07, 6.45) is 0.507. The Balaban J connectivity index is 2.14. The molecule has 0 radical (unpaired) electrons. The van der Waals surface area contributed by atoms with Crippen LogP contribution in [0.5, 0.6) is 0 Å². The van der Waals surface area contributed by atoms with Crippen LogP contribution in [0.3, 0.4) is 0 Å². The van der Waals surface area contributed by atoms with E-state index >= 15 is 0 Å². The van der Waals surface area contributed by atoms with Gasteiger partial charge in [0, 0.05) is 5.71 Å². The van der Waals surface area contributed by atoms with Crippen LogP contribution in [0.1, 0.15) is 20.8 Å². The van der Waals surface area contributed by atoms with Crippen LogP contribution in [0.15, 0.2) is 5.10 Å². The van der Waals surface area contributed by atoms with Gasteiger partial charge < -0.3 is 4.74 Å². The van der Waals surface area contributed by atoms with Crippen molar-refractivity contribution in [2.45, 2.75) is 33.1 Å². The maximum atomic E-state index is 5.05. The molecule has 9 heavy (non-hydrogen) atoms. The van der Waals surface area contributed by atoms with Gasteiger partial charge in [-0.05, 0) is 20.8 Å². The van der Waals surface area contributed by atoms with Crippen LogP contribution >= 0.6 is 0 Å². The Bertz CT molecular complexity index is 129. The second-order valence-corrected chi connectivity index (χ2v) is 2.45. The van der Waals surface area contributed by atoms with Gasteiger partial charge in [-0.1, -0.05) is 0 Å². The lowest BCUT2D eigenvalue weighted by atomic mass is 10.5. The van der Waals surface area contributed by atoms with Crippen molar-refractivity contribution in [1.29, 1.82) is 0 Å². The first-order valence-corrected chi connectivity index (χ1v) is 3.12. The smallest absolute Gasteiger partial charge is 0.169 e. The van der Waals surface area contributed by atoms with E-state index in [2.05, 4.69) is 10.5 Å². The van der Waals surface area contributed by atoms with E-state index in [0.717, 1.165) is 5.71 Å². The topological polar surface area (TPSA) is 36.9 Å². The Morgan fingerprint density at radius 3 is 2.44 bits per heavy atom. The standard InChI is InChI=1S/C6H12N2O/c1-4(2)7-8-6-5(3)9-6/h5-6,8H,1-3H3. The first-order valence-electron chi connectivity index (χ1n) is 3.12. The molecule has 0 saturated carbocycles. The van der Waals surface area contributed by atoms with E-state index in [0.29, 0.717) is 6.10 Å². The summed E-state index contributed by atoms with van der Waals surface area (Å²) in [6, 6.07) is 0. The number of rotatable bonds is 2. The molecule has 1 aliphatic rings. The van der Waals surface area contributed by atoms with Crippen LogP contribution in [-0.2, 0) is 4.74 Å². The highest BCUT2D eigenvalue weighted by molar-refractivity contribution is 5.78. The third-order valence-electron chi connectivity index (χ3n) is 1.13. The molecule has 3 heteroatoms. The molecule has 1 rings (SSSR count). The number of epoxide rings is 1. The predicted octanol–water partition coefficient (Wildman–Crippen LogP) is 0.717. The summed E-state index contributed by atoms with van der Waals surface area (Å²) in [6.45, 7) is 5.90. The van der Waals surface area contributed by atoms with E-state index in [-0.39, 0.29) is 6.23 Å². The van der Waals surface area contributed by atoms with Gasteiger partial charge in [0.1, 0.15) is 6.10 Å². The van der Waals surface area contributed by atoms with Gasteiger partial charge in [0.15, 0.2) is 6.23 Å². The van der Waals surface area contributed by atoms with Gasteiger partial charge in [0.05, 0.1) is 0 Å². The molecule has 2 unspecified atom stereocenters. The Kier molecular flexibility index (Phi) is 1.71. The van der Waals surface area contributed by atoms with Gasteiger partial charge in [0.2, 0.25) is 0 Å². The molecule has 1 N–H and O–H groups in total. The van der Waals surface area contributed by atoms with Crippen molar-refractivity contribution in [3.8, 4) is 0 Å². The quantitative estimate of drug-likeness (QED) is 0.338. The lowest BCUT2D eigenvalue weighted by Crippen LogP contribution is -2.12. The van der Waals surface area contributed by atoms with Crippen LogP contribution in [0.25, 0.3) is 0 Å². The van der Waals surface area contributed by atoms with E-state index in [9.17, 15) is 0 Å². The molecular weight excluding hydrogens is 116 g/mol. The molecule has 0 amide bonds. The average molecular weight is 128 g/mol. The number of hydrogen-bond acceptors (Lipinski definition) is 3. The predicted molar refractivity (Wildman–Crippen MR) is 36.3 cm³/mol. The Labute approximate surface area is 55.1 Å². The molecule has 1 fully saturated rings. The van der Waals surface area contributed by atoms with Crippen LogP contribution in [0.4, 0.5) is 0 Å². The second-order valence-electron chi connectivity index (χ2n) is 2.45. The maximum absolute atomic E-state index is 5.05. The van der Waals surface area contributed by atoms with Gasteiger partial charge in [-0.15, -0.1) is 0 Å². The summed E-state index contributed by atoms with van der Waals surface area (Å²) < 4.78 is 5.05. The highest BCUT2D eigenvalue weighted by Gasteiger charge is 2.33. The molecule has 0 spiro atoms. The van der Waals surface area contributed by atoms with Crippen LogP contribution in [-0.4, -0.2) is 18.0 Å². The molecule has 1 saturated heterocycles. The monoisotopic (exact) mass is 128 g/mol. The molecule has 0 aliphatic carbocycles. The fourth-order valence-corrected chi connectivity index (χ4v) is 0.514. The normalized spacial score (nSPS) is 31.4. The van der Waals surface area contributed by atoms with E-state index < -0.39 is 0 Å². The number of hydrogen-bond donors (Lipinski definition) is 1. The molecular formula is C6H12N2O. The van der Waals surface area contributed by atoms with Gasteiger partial charge >= 0.3 is 0 Å². The zero-order valence-electron chi connectivity index (χ0n) is 6.01. The minimum absolute atomic E-state index is 0.167. The van der Waals surface area contributed by atoms with Crippen molar-refractivity contribution in [3.05, 3.63) is 0 Å².